The fraction of sp³-hybridized carbons (Fsp3) is 0.273. The van der Waals surface area contributed by atoms with Crippen LogP contribution in [0.1, 0.15) is 12.5 Å². The number of hydrogen-bond acceptors (Lipinski definition) is 3. The van der Waals surface area contributed by atoms with Crippen LogP contribution in [0.25, 0.3) is 0 Å². The summed E-state index contributed by atoms with van der Waals surface area (Å²) in [5.74, 6) is -0.844. The van der Waals surface area contributed by atoms with Crippen molar-refractivity contribution in [2.75, 3.05) is 5.32 Å². The third-order valence-electron chi connectivity index (χ3n) is 2.36. The number of aliphatic carboxylic acids is 1. The highest BCUT2D eigenvalue weighted by Crippen LogP contribution is 2.30. The maximum absolute atomic E-state index is 11.1. The first-order chi connectivity index (χ1) is 7.56. The molecule has 0 fully saturated rings. The number of fused-ring (bicyclic) bond motifs is 1. The van der Waals surface area contributed by atoms with Crippen LogP contribution >= 0.6 is 11.8 Å². The highest BCUT2D eigenvalue weighted by Gasteiger charge is 2.19. The summed E-state index contributed by atoms with van der Waals surface area (Å²) >= 11 is 1.28. The van der Waals surface area contributed by atoms with Gasteiger partial charge in [0, 0.05) is 10.6 Å². The summed E-state index contributed by atoms with van der Waals surface area (Å²) in [5, 5.41) is 11.0. The zero-order valence-corrected chi connectivity index (χ0v) is 9.50. The normalized spacial score (nSPS) is 15.4. The molecule has 1 aromatic carbocycles. The van der Waals surface area contributed by atoms with Gasteiger partial charge in [0.2, 0.25) is 5.91 Å². The average molecular weight is 237 g/mol. The summed E-state index contributed by atoms with van der Waals surface area (Å²) in [6.45, 7) is 1.64. The van der Waals surface area contributed by atoms with Crippen LogP contribution in [0.2, 0.25) is 0 Å². The maximum atomic E-state index is 11.1. The Morgan fingerprint density at radius 3 is 3.00 bits per heavy atom. The lowest BCUT2D eigenvalue weighted by atomic mass is 10.2. The molecule has 1 atom stereocenters. The number of nitrogens with one attached hydrogen (secondary N) is 1. The molecule has 0 saturated heterocycles. The predicted molar refractivity (Wildman–Crippen MR) is 61.7 cm³/mol. The number of benzene rings is 1. The monoisotopic (exact) mass is 237 g/mol. The van der Waals surface area contributed by atoms with E-state index in [4.69, 9.17) is 5.11 Å². The summed E-state index contributed by atoms with van der Waals surface area (Å²) in [6, 6.07) is 5.52. The number of hydrogen-bond donors (Lipinski definition) is 2. The van der Waals surface area contributed by atoms with Gasteiger partial charge in [0.25, 0.3) is 0 Å². The SMILES string of the molecule is CC(Sc1ccc2c(c1)CC(=O)N2)C(=O)O. The van der Waals surface area contributed by atoms with Gasteiger partial charge < -0.3 is 10.4 Å². The van der Waals surface area contributed by atoms with Gasteiger partial charge in [-0.2, -0.15) is 0 Å². The Balaban J connectivity index is 2.16. The predicted octanol–water partition coefficient (Wildman–Crippen LogP) is 1.75. The van der Waals surface area contributed by atoms with E-state index in [9.17, 15) is 9.59 Å². The second kappa shape index (κ2) is 4.17. The lowest BCUT2D eigenvalue weighted by Gasteiger charge is -2.07. The molecule has 0 aromatic heterocycles. The minimum atomic E-state index is -0.834. The molecule has 1 aromatic rings. The van der Waals surface area contributed by atoms with Gasteiger partial charge in [0.1, 0.15) is 5.25 Å². The van der Waals surface area contributed by atoms with Gasteiger partial charge in [0.05, 0.1) is 6.42 Å². The highest BCUT2D eigenvalue weighted by molar-refractivity contribution is 8.00. The van der Waals surface area contributed by atoms with Crippen LogP contribution in [0, 0.1) is 0 Å². The minimum Gasteiger partial charge on any atom is -0.480 e. The van der Waals surface area contributed by atoms with Crippen LogP contribution in [-0.2, 0) is 16.0 Å². The Morgan fingerprint density at radius 1 is 1.56 bits per heavy atom. The summed E-state index contributed by atoms with van der Waals surface area (Å²) in [6.07, 6.45) is 0.380. The second-order valence-corrected chi connectivity index (χ2v) is 5.06. The zero-order chi connectivity index (χ0) is 11.7. The largest absolute Gasteiger partial charge is 0.480 e. The van der Waals surface area contributed by atoms with Crippen molar-refractivity contribution in [3.63, 3.8) is 0 Å². The average Bonchev–Trinajstić information content (AvgIpc) is 2.57. The van der Waals surface area contributed by atoms with E-state index in [0.29, 0.717) is 6.42 Å². The molecule has 1 unspecified atom stereocenters. The molecule has 0 aliphatic carbocycles. The van der Waals surface area contributed by atoms with Crippen LogP contribution in [-0.4, -0.2) is 22.2 Å². The van der Waals surface area contributed by atoms with Gasteiger partial charge in [-0.25, -0.2) is 0 Å². The first-order valence-corrected chi connectivity index (χ1v) is 5.76. The standard InChI is InChI=1S/C11H11NO3S/c1-6(11(14)15)16-8-2-3-9-7(4-8)5-10(13)12-9/h2-4,6H,5H2,1H3,(H,12,13)(H,14,15). The number of carboxylic acid groups (broad SMARTS) is 1. The lowest BCUT2D eigenvalue weighted by molar-refractivity contribution is -0.136. The van der Waals surface area contributed by atoms with Crippen LogP contribution in [0.15, 0.2) is 23.1 Å². The van der Waals surface area contributed by atoms with Crippen LogP contribution in [0.4, 0.5) is 5.69 Å². The number of carboxylic acids is 1. The lowest BCUT2D eigenvalue weighted by Crippen LogP contribution is -2.10. The topological polar surface area (TPSA) is 66.4 Å². The molecule has 84 valence electrons. The number of amides is 1. The van der Waals surface area contributed by atoms with Gasteiger partial charge >= 0.3 is 5.97 Å². The van der Waals surface area contributed by atoms with E-state index in [1.54, 1.807) is 6.92 Å². The van der Waals surface area contributed by atoms with Crippen molar-refractivity contribution in [1.29, 1.82) is 0 Å². The first-order valence-electron chi connectivity index (χ1n) is 4.88. The number of anilines is 1. The molecule has 1 aliphatic rings. The molecule has 5 heteroatoms. The van der Waals surface area contributed by atoms with Crippen molar-refractivity contribution in [2.24, 2.45) is 0 Å². The molecular formula is C11H11NO3S. The van der Waals surface area contributed by atoms with E-state index in [-0.39, 0.29) is 5.91 Å². The third kappa shape index (κ3) is 2.19. The van der Waals surface area contributed by atoms with Gasteiger partial charge in [-0.3, -0.25) is 9.59 Å². The van der Waals surface area contributed by atoms with Gasteiger partial charge in [-0.05, 0) is 30.7 Å². The minimum absolute atomic E-state index is 0.0107. The Labute approximate surface area is 97.0 Å². The van der Waals surface area contributed by atoms with Crippen molar-refractivity contribution in [2.45, 2.75) is 23.5 Å². The Hall–Kier alpha value is -1.49. The molecule has 16 heavy (non-hydrogen) atoms. The quantitative estimate of drug-likeness (QED) is 0.786. The Kier molecular flexibility index (Phi) is 2.87. The van der Waals surface area contributed by atoms with Crippen molar-refractivity contribution < 1.29 is 14.7 Å². The molecular weight excluding hydrogens is 226 g/mol. The molecule has 1 amide bonds. The van der Waals surface area contributed by atoms with Gasteiger partial charge in [-0.1, -0.05) is 0 Å². The van der Waals surface area contributed by atoms with E-state index in [0.717, 1.165) is 16.1 Å². The zero-order valence-electron chi connectivity index (χ0n) is 8.69. The maximum Gasteiger partial charge on any atom is 0.316 e. The molecule has 0 spiro atoms. The third-order valence-corrected chi connectivity index (χ3v) is 3.44. The summed E-state index contributed by atoms with van der Waals surface area (Å²) < 4.78 is 0. The molecule has 0 saturated carbocycles. The van der Waals surface area contributed by atoms with E-state index < -0.39 is 11.2 Å². The summed E-state index contributed by atoms with van der Waals surface area (Å²) in [4.78, 5) is 22.7. The first kappa shape index (κ1) is 11.0. The molecule has 1 aliphatic heterocycles. The molecule has 4 nitrogen and oxygen atoms in total. The molecule has 0 radical (unpaired) electrons. The number of carbonyl (C=O) groups is 2. The van der Waals surface area contributed by atoms with Crippen LogP contribution < -0.4 is 5.32 Å². The molecule has 1 heterocycles. The van der Waals surface area contributed by atoms with E-state index in [1.807, 2.05) is 18.2 Å². The second-order valence-electron chi connectivity index (χ2n) is 3.64. The van der Waals surface area contributed by atoms with Crippen molar-refractivity contribution >= 4 is 29.3 Å². The van der Waals surface area contributed by atoms with E-state index >= 15 is 0 Å². The van der Waals surface area contributed by atoms with E-state index in [1.165, 1.54) is 11.8 Å². The van der Waals surface area contributed by atoms with Crippen LogP contribution in [0.5, 0.6) is 0 Å². The molecule has 0 bridgehead atoms. The van der Waals surface area contributed by atoms with Crippen molar-refractivity contribution in [3.05, 3.63) is 23.8 Å². The van der Waals surface area contributed by atoms with Gasteiger partial charge in [0.15, 0.2) is 0 Å². The number of rotatable bonds is 3. The fourth-order valence-corrected chi connectivity index (χ4v) is 2.40. The Morgan fingerprint density at radius 2 is 2.31 bits per heavy atom. The van der Waals surface area contributed by atoms with Crippen molar-refractivity contribution in [3.8, 4) is 0 Å². The smallest absolute Gasteiger partial charge is 0.316 e. The molecule has 2 rings (SSSR count). The van der Waals surface area contributed by atoms with Crippen LogP contribution in [0.3, 0.4) is 0 Å². The summed E-state index contributed by atoms with van der Waals surface area (Å²) in [7, 11) is 0. The van der Waals surface area contributed by atoms with Gasteiger partial charge in [-0.15, -0.1) is 11.8 Å². The highest BCUT2D eigenvalue weighted by atomic mass is 32.2. The summed E-state index contributed by atoms with van der Waals surface area (Å²) in [5.41, 5.74) is 1.77. The van der Waals surface area contributed by atoms with E-state index in [2.05, 4.69) is 5.32 Å². The number of thioether (sulfide) groups is 1. The fourth-order valence-electron chi connectivity index (χ4n) is 1.53. The number of carbonyl (C=O) groups excluding carboxylic acids is 1. The Bertz CT molecular complexity index is 459. The molecule has 2 N–H and O–H groups in total. The van der Waals surface area contributed by atoms with Crippen molar-refractivity contribution in [1.82, 2.24) is 0 Å².